The van der Waals surface area contributed by atoms with Crippen molar-refractivity contribution in [3.63, 3.8) is 0 Å². The van der Waals surface area contributed by atoms with Gasteiger partial charge in [-0.1, -0.05) is 0 Å². The van der Waals surface area contributed by atoms with Crippen molar-refractivity contribution in [2.45, 2.75) is 31.7 Å². The van der Waals surface area contributed by atoms with Crippen LogP contribution in [0.25, 0.3) is 0 Å². The second kappa shape index (κ2) is 7.90. The zero-order chi connectivity index (χ0) is 16.9. The number of amides is 1. The Balaban J connectivity index is 1.59. The number of aromatic amines is 1. The normalized spacial score (nSPS) is 23.4. The number of nitrogens with one attached hydrogen (secondary N) is 1. The lowest BCUT2D eigenvalue weighted by molar-refractivity contribution is 0.0563. The predicted molar refractivity (Wildman–Crippen MR) is 92.1 cm³/mol. The lowest BCUT2D eigenvalue weighted by Crippen LogP contribution is -2.48. The van der Waals surface area contributed by atoms with Crippen LogP contribution in [-0.4, -0.2) is 82.9 Å². The fourth-order valence-electron chi connectivity index (χ4n) is 3.58. The standard InChI is InChI=1S/C17H27N5O2/c1-20-8-10-21(11-9-20)7-5-14-4-2-3-6-22(14)17(24)15-12-19-16(23)13-18-15/h12-14H,2-11H2,1H3,(H,19,23). The smallest absolute Gasteiger partial charge is 0.274 e. The minimum absolute atomic E-state index is 0.0608. The predicted octanol–water partition coefficient (Wildman–Crippen LogP) is 0.402. The quantitative estimate of drug-likeness (QED) is 0.864. The number of hydrogen-bond donors (Lipinski definition) is 1. The first-order chi connectivity index (χ1) is 11.6. The number of nitrogens with zero attached hydrogens (tertiary/aromatic N) is 4. The van der Waals surface area contributed by atoms with Crippen molar-refractivity contribution in [2.24, 2.45) is 0 Å². The minimum Gasteiger partial charge on any atom is -0.334 e. The van der Waals surface area contributed by atoms with E-state index in [1.54, 1.807) is 0 Å². The Morgan fingerprint density at radius 2 is 2.04 bits per heavy atom. The third-order valence-corrected chi connectivity index (χ3v) is 5.15. The molecule has 7 nitrogen and oxygen atoms in total. The van der Waals surface area contributed by atoms with Crippen LogP contribution in [0.5, 0.6) is 0 Å². The van der Waals surface area contributed by atoms with E-state index < -0.39 is 0 Å². The molecule has 1 N–H and O–H groups in total. The molecule has 2 saturated heterocycles. The average Bonchev–Trinajstić information content (AvgIpc) is 2.61. The highest BCUT2D eigenvalue weighted by Gasteiger charge is 2.28. The molecule has 2 aliphatic rings. The van der Waals surface area contributed by atoms with Gasteiger partial charge in [-0.2, -0.15) is 0 Å². The van der Waals surface area contributed by atoms with Crippen LogP contribution in [-0.2, 0) is 0 Å². The summed E-state index contributed by atoms with van der Waals surface area (Å²) in [6, 6.07) is 0.277. The molecule has 132 valence electrons. The first kappa shape index (κ1) is 17.1. The molecule has 2 aliphatic heterocycles. The van der Waals surface area contributed by atoms with Gasteiger partial charge in [0.25, 0.3) is 11.5 Å². The Hall–Kier alpha value is -1.73. The van der Waals surface area contributed by atoms with Gasteiger partial charge in [-0.25, -0.2) is 4.98 Å². The summed E-state index contributed by atoms with van der Waals surface area (Å²) in [6.45, 7) is 6.29. The second-order valence-corrected chi connectivity index (χ2v) is 6.88. The summed E-state index contributed by atoms with van der Waals surface area (Å²) < 4.78 is 0. The van der Waals surface area contributed by atoms with E-state index in [0.717, 1.165) is 58.5 Å². The van der Waals surface area contributed by atoms with Crippen LogP contribution in [0.2, 0.25) is 0 Å². The molecule has 0 aromatic carbocycles. The number of carbonyl (C=O) groups excluding carboxylic acids is 1. The molecule has 3 rings (SSSR count). The number of likely N-dealkylation sites (N-methyl/N-ethyl adjacent to an activating group) is 1. The zero-order valence-electron chi connectivity index (χ0n) is 14.4. The van der Waals surface area contributed by atoms with Gasteiger partial charge in [0, 0.05) is 51.5 Å². The summed E-state index contributed by atoms with van der Waals surface area (Å²) in [7, 11) is 2.16. The third-order valence-electron chi connectivity index (χ3n) is 5.15. The molecule has 0 spiro atoms. The topological polar surface area (TPSA) is 72.5 Å². The minimum atomic E-state index is -0.281. The van der Waals surface area contributed by atoms with Crippen molar-refractivity contribution in [1.82, 2.24) is 24.7 Å². The fourth-order valence-corrected chi connectivity index (χ4v) is 3.58. The van der Waals surface area contributed by atoms with E-state index >= 15 is 0 Å². The van der Waals surface area contributed by atoms with E-state index in [1.807, 2.05) is 4.90 Å². The van der Waals surface area contributed by atoms with Crippen LogP contribution >= 0.6 is 0 Å². The fraction of sp³-hybridized carbons (Fsp3) is 0.706. The Bertz CT molecular complexity index is 589. The number of likely N-dealkylation sites (tertiary alicyclic amines) is 1. The van der Waals surface area contributed by atoms with E-state index in [2.05, 4.69) is 26.8 Å². The Labute approximate surface area is 142 Å². The van der Waals surface area contributed by atoms with Crippen LogP contribution < -0.4 is 5.56 Å². The molecule has 1 aromatic rings. The van der Waals surface area contributed by atoms with E-state index in [0.29, 0.717) is 5.69 Å². The Morgan fingerprint density at radius 3 is 2.75 bits per heavy atom. The molecule has 1 unspecified atom stereocenters. The van der Waals surface area contributed by atoms with Crippen molar-refractivity contribution >= 4 is 5.91 Å². The second-order valence-electron chi connectivity index (χ2n) is 6.88. The third kappa shape index (κ3) is 4.21. The molecular formula is C17H27N5O2. The summed E-state index contributed by atoms with van der Waals surface area (Å²) >= 11 is 0. The van der Waals surface area contributed by atoms with Gasteiger partial charge in [-0.3, -0.25) is 9.59 Å². The molecule has 2 fully saturated rings. The molecule has 1 aromatic heterocycles. The molecule has 0 aliphatic carbocycles. The molecule has 1 atom stereocenters. The lowest BCUT2D eigenvalue weighted by Gasteiger charge is -2.38. The van der Waals surface area contributed by atoms with Gasteiger partial charge in [-0.05, 0) is 32.7 Å². The van der Waals surface area contributed by atoms with Gasteiger partial charge < -0.3 is 19.7 Å². The maximum Gasteiger partial charge on any atom is 0.274 e. The van der Waals surface area contributed by atoms with Gasteiger partial charge in [0.2, 0.25) is 0 Å². The van der Waals surface area contributed by atoms with E-state index in [9.17, 15) is 9.59 Å². The highest BCUT2D eigenvalue weighted by Crippen LogP contribution is 2.22. The first-order valence-corrected chi connectivity index (χ1v) is 8.90. The molecule has 0 saturated carbocycles. The summed E-state index contributed by atoms with van der Waals surface area (Å²) in [5.74, 6) is -0.0608. The number of rotatable bonds is 4. The largest absolute Gasteiger partial charge is 0.334 e. The number of piperidine rings is 1. The van der Waals surface area contributed by atoms with Crippen molar-refractivity contribution in [1.29, 1.82) is 0 Å². The van der Waals surface area contributed by atoms with Gasteiger partial charge in [0.05, 0.1) is 6.20 Å². The highest BCUT2D eigenvalue weighted by atomic mass is 16.2. The van der Waals surface area contributed by atoms with Crippen molar-refractivity contribution in [2.75, 3.05) is 46.3 Å². The van der Waals surface area contributed by atoms with Crippen LogP contribution in [0.15, 0.2) is 17.2 Å². The van der Waals surface area contributed by atoms with Crippen LogP contribution in [0.1, 0.15) is 36.2 Å². The van der Waals surface area contributed by atoms with Crippen LogP contribution in [0.3, 0.4) is 0 Å². The van der Waals surface area contributed by atoms with Gasteiger partial charge in [-0.15, -0.1) is 0 Å². The SMILES string of the molecule is CN1CCN(CCC2CCCCN2C(=O)c2c[nH]c(=O)cn2)CC1. The Kier molecular flexibility index (Phi) is 5.63. The average molecular weight is 333 g/mol. The molecule has 24 heavy (non-hydrogen) atoms. The van der Waals surface area contributed by atoms with E-state index in [-0.39, 0.29) is 17.5 Å². The molecular weight excluding hydrogens is 306 g/mol. The molecule has 0 bridgehead atoms. The van der Waals surface area contributed by atoms with Gasteiger partial charge in [0.1, 0.15) is 5.69 Å². The number of hydrogen-bond acceptors (Lipinski definition) is 5. The summed E-state index contributed by atoms with van der Waals surface area (Å²) in [6.07, 6.45) is 6.89. The number of piperazine rings is 1. The highest BCUT2D eigenvalue weighted by molar-refractivity contribution is 5.92. The summed E-state index contributed by atoms with van der Waals surface area (Å²) in [5, 5.41) is 0. The molecule has 3 heterocycles. The van der Waals surface area contributed by atoms with Gasteiger partial charge in [0.15, 0.2) is 0 Å². The maximum atomic E-state index is 12.7. The van der Waals surface area contributed by atoms with Crippen LogP contribution in [0.4, 0.5) is 0 Å². The number of H-pyrrole nitrogens is 1. The summed E-state index contributed by atoms with van der Waals surface area (Å²) in [5.41, 5.74) is 0.0536. The molecule has 0 radical (unpaired) electrons. The van der Waals surface area contributed by atoms with Crippen molar-refractivity contribution < 1.29 is 4.79 Å². The zero-order valence-corrected chi connectivity index (χ0v) is 14.4. The van der Waals surface area contributed by atoms with E-state index in [4.69, 9.17) is 0 Å². The lowest BCUT2D eigenvalue weighted by atomic mass is 9.98. The molecule has 1 amide bonds. The first-order valence-electron chi connectivity index (χ1n) is 8.90. The maximum absolute atomic E-state index is 12.7. The number of carbonyl (C=O) groups is 1. The number of aromatic nitrogens is 2. The van der Waals surface area contributed by atoms with Crippen molar-refractivity contribution in [3.05, 3.63) is 28.4 Å². The molecule has 7 heteroatoms. The Morgan fingerprint density at radius 1 is 1.25 bits per heavy atom. The summed E-state index contributed by atoms with van der Waals surface area (Å²) in [4.78, 5) is 37.2. The van der Waals surface area contributed by atoms with E-state index in [1.165, 1.54) is 18.8 Å². The monoisotopic (exact) mass is 333 g/mol. The van der Waals surface area contributed by atoms with Crippen molar-refractivity contribution in [3.8, 4) is 0 Å². The van der Waals surface area contributed by atoms with Crippen LogP contribution in [0, 0.1) is 0 Å². The van der Waals surface area contributed by atoms with Gasteiger partial charge >= 0.3 is 0 Å².